The van der Waals surface area contributed by atoms with E-state index >= 15 is 0 Å². The summed E-state index contributed by atoms with van der Waals surface area (Å²) in [4.78, 5) is 8.55. The number of fused-ring (bicyclic) bond motifs is 1. The van der Waals surface area contributed by atoms with Gasteiger partial charge in [-0.2, -0.15) is 5.10 Å². The van der Waals surface area contributed by atoms with Crippen molar-refractivity contribution in [3.63, 3.8) is 0 Å². The Morgan fingerprint density at radius 1 is 1.40 bits per heavy atom. The first-order valence-electron chi connectivity index (χ1n) is 4.43. The standard InChI is InChI=1S/C10H10N4S/c1-7-14-9-3-2-8(6-10(9)15-7)12-4-5-13-11/h2-6H,11H2,1H3. The molecule has 0 aliphatic carbocycles. The molecule has 4 nitrogen and oxygen atoms in total. The fourth-order valence-corrected chi connectivity index (χ4v) is 2.13. The average molecular weight is 218 g/mol. The number of hydrogen-bond acceptors (Lipinski definition) is 5. The summed E-state index contributed by atoms with van der Waals surface area (Å²) in [6, 6.07) is 5.88. The Labute approximate surface area is 91.2 Å². The van der Waals surface area contributed by atoms with Crippen molar-refractivity contribution < 1.29 is 0 Å². The van der Waals surface area contributed by atoms with Crippen LogP contribution in [0.4, 0.5) is 5.69 Å². The fraction of sp³-hybridized carbons (Fsp3) is 0.100. The molecule has 0 bridgehead atoms. The van der Waals surface area contributed by atoms with Gasteiger partial charge in [-0.3, -0.25) is 4.99 Å². The van der Waals surface area contributed by atoms with Crippen molar-refractivity contribution >= 4 is 39.7 Å². The minimum absolute atomic E-state index is 0.881. The summed E-state index contributed by atoms with van der Waals surface area (Å²) in [7, 11) is 0. The van der Waals surface area contributed by atoms with E-state index in [-0.39, 0.29) is 0 Å². The molecule has 2 aromatic rings. The SMILES string of the molecule is Cc1nc2ccc(N=CC=NN)cc2s1. The van der Waals surface area contributed by atoms with E-state index in [0.29, 0.717) is 0 Å². The van der Waals surface area contributed by atoms with Crippen molar-refractivity contribution in [1.82, 2.24) is 4.98 Å². The molecule has 1 aromatic heterocycles. The minimum atomic E-state index is 0.881. The van der Waals surface area contributed by atoms with Gasteiger partial charge < -0.3 is 5.84 Å². The predicted molar refractivity (Wildman–Crippen MR) is 65.2 cm³/mol. The second kappa shape index (κ2) is 4.18. The van der Waals surface area contributed by atoms with Crippen LogP contribution in [0.15, 0.2) is 28.3 Å². The number of aromatic nitrogens is 1. The maximum absolute atomic E-state index is 4.96. The number of hydrazone groups is 1. The van der Waals surface area contributed by atoms with E-state index in [0.717, 1.165) is 20.9 Å². The zero-order valence-corrected chi connectivity index (χ0v) is 9.03. The van der Waals surface area contributed by atoms with Crippen molar-refractivity contribution in [3.8, 4) is 0 Å². The highest BCUT2D eigenvalue weighted by atomic mass is 32.1. The van der Waals surface area contributed by atoms with Crippen molar-refractivity contribution in [2.75, 3.05) is 0 Å². The van der Waals surface area contributed by atoms with Gasteiger partial charge in [0.15, 0.2) is 0 Å². The van der Waals surface area contributed by atoms with E-state index in [4.69, 9.17) is 5.84 Å². The Balaban J connectivity index is 2.37. The third-order valence-corrected chi connectivity index (χ3v) is 2.79. The Hall–Kier alpha value is -1.75. The van der Waals surface area contributed by atoms with E-state index < -0.39 is 0 Å². The van der Waals surface area contributed by atoms with Crippen molar-refractivity contribution in [1.29, 1.82) is 0 Å². The monoisotopic (exact) mass is 218 g/mol. The van der Waals surface area contributed by atoms with Gasteiger partial charge in [0.2, 0.25) is 0 Å². The van der Waals surface area contributed by atoms with E-state index in [1.807, 2.05) is 25.1 Å². The van der Waals surface area contributed by atoms with Gasteiger partial charge in [-0.1, -0.05) is 0 Å². The summed E-state index contributed by atoms with van der Waals surface area (Å²) in [5.41, 5.74) is 1.90. The Kier molecular flexibility index (Phi) is 2.73. The smallest absolute Gasteiger partial charge is 0.0907 e. The molecule has 1 heterocycles. The molecule has 1 aromatic carbocycles. The number of aliphatic imine (C=N–C) groups is 1. The van der Waals surface area contributed by atoms with Gasteiger partial charge in [0.25, 0.3) is 0 Å². The first-order chi connectivity index (χ1) is 7.29. The molecule has 0 spiro atoms. The van der Waals surface area contributed by atoms with E-state index in [1.165, 1.54) is 6.21 Å². The number of hydrogen-bond donors (Lipinski definition) is 1. The van der Waals surface area contributed by atoms with Crippen LogP contribution < -0.4 is 5.84 Å². The van der Waals surface area contributed by atoms with E-state index in [1.54, 1.807) is 17.6 Å². The summed E-state index contributed by atoms with van der Waals surface area (Å²) < 4.78 is 1.15. The van der Waals surface area contributed by atoms with Gasteiger partial charge in [0.05, 0.1) is 27.1 Å². The normalized spacial score (nSPS) is 12.1. The zero-order valence-electron chi connectivity index (χ0n) is 8.21. The predicted octanol–water partition coefficient (Wildman–Crippen LogP) is 2.25. The molecule has 15 heavy (non-hydrogen) atoms. The van der Waals surface area contributed by atoms with Gasteiger partial charge in [-0.25, -0.2) is 4.98 Å². The molecule has 5 heteroatoms. The molecule has 2 N–H and O–H groups in total. The van der Waals surface area contributed by atoms with Crippen LogP contribution in [0.3, 0.4) is 0 Å². The molecule has 0 fully saturated rings. The third-order valence-electron chi connectivity index (χ3n) is 1.86. The molecule has 0 radical (unpaired) electrons. The Bertz CT molecular complexity index is 527. The molecule has 0 unspecified atom stereocenters. The number of nitrogens with two attached hydrogens (primary N) is 1. The second-order valence-corrected chi connectivity index (χ2v) is 4.20. The maximum Gasteiger partial charge on any atom is 0.0907 e. The largest absolute Gasteiger partial charge is 0.323 e. The summed E-state index contributed by atoms with van der Waals surface area (Å²) in [6.07, 6.45) is 3.01. The van der Waals surface area contributed by atoms with Crippen LogP contribution in [-0.4, -0.2) is 17.4 Å². The van der Waals surface area contributed by atoms with Crippen molar-refractivity contribution in [3.05, 3.63) is 23.2 Å². The maximum atomic E-state index is 4.96. The number of benzene rings is 1. The van der Waals surface area contributed by atoms with Gasteiger partial charge in [0.1, 0.15) is 0 Å². The van der Waals surface area contributed by atoms with Gasteiger partial charge in [-0.05, 0) is 25.1 Å². The van der Waals surface area contributed by atoms with E-state index in [9.17, 15) is 0 Å². The van der Waals surface area contributed by atoms with Crippen LogP contribution in [-0.2, 0) is 0 Å². The summed E-state index contributed by atoms with van der Waals surface area (Å²) in [5, 5.41) is 4.40. The molecule has 0 aliphatic rings. The fourth-order valence-electron chi connectivity index (χ4n) is 1.27. The number of thiazole rings is 1. The lowest BCUT2D eigenvalue weighted by atomic mass is 10.3. The van der Waals surface area contributed by atoms with Crippen LogP contribution >= 0.6 is 11.3 Å². The first kappa shape index (κ1) is 9.79. The van der Waals surface area contributed by atoms with E-state index in [2.05, 4.69) is 15.1 Å². The van der Waals surface area contributed by atoms with Crippen molar-refractivity contribution in [2.45, 2.75) is 6.92 Å². The van der Waals surface area contributed by atoms with Crippen LogP contribution in [0.1, 0.15) is 5.01 Å². The van der Waals surface area contributed by atoms with Gasteiger partial charge in [-0.15, -0.1) is 11.3 Å². The molecular weight excluding hydrogens is 208 g/mol. The van der Waals surface area contributed by atoms with Crippen LogP contribution in [0.25, 0.3) is 10.2 Å². The Morgan fingerprint density at radius 3 is 3.07 bits per heavy atom. The molecule has 0 saturated heterocycles. The first-order valence-corrected chi connectivity index (χ1v) is 5.24. The lowest BCUT2D eigenvalue weighted by molar-refractivity contribution is 1.27. The Morgan fingerprint density at radius 2 is 2.27 bits per heavy atom. The minimum Gasteiger partial charge on any atom is -0.323 e. The average Bonchev–Trinajstić information content (AvgIpc) is 2.57. The lowest BCUT2D eigenvalue weighted by Gasteiger charge is -1.91. The number of rotatable bonds is 2. The quantitative estimate of drug-likeness (QED) is 0.477. The van der Waals surface area contributed by atoms with Crippen LogP contribution in [0.2, 0.25) is 0 Å². The topological polar surface area (TPSA) is 63.6 Å². The van der Waals surface area contributed by atoms with Gasteiger partial charge in [0, 0.05) is 6.21 Å². The molecule has 0 amide bonds. The highest BCUT2D eigenvalue weighted by molar-refractivity contribution is 7.18. The highest BCUT2D eigenvalue weighted by Gasteiger charge is 1.99. The lowest BCUT2D eigenvalue weighted by Crippen LogP contribution is -1.82. The molecule has 2 rings (SSSR count). The molecule has 0 atom stereocenters. The number of aryl methyl sites for hydroxylation is 1. The molecule has 0 saturated carbocycles. The molecule has 76 valence electrons. The highest BCUT2D eigenvalue weighted by Crippen LogP contribution is 2.25. The number of nitrogens with zero attached hydrogens (tertiary/aromatic N) is 3. The zero-order chi connectivity index (χ0) is 10.7. The summed E-state index contributed by atoms with van der Waals surface area (Å²) in [6.45, 7) is 1.99. The van der Waals surface area contributed by atoms with Crippen LogP contribution in [0, 0.1) is 6.92 Å². The molecule has 0 aliphatic heterocycles. The van der Waals surface area contributed by atoms with Crippen molar-refractivity contribution in [2.24, 2.45) is 15.9 Å². The summed E-state index contributed by atoms with van der Waals surface area (Å²) in [5.74, 6) is 4.96. The summed E-state index contributed by atoms with van der Waals surface area (Å²) >= 11 is 1.66. The third kappa shape index (κ3) is 2.19. The van der Waals surface area contributed by atoms with Gasteiger partial charge >= 0.3 is 0 Å². The van der Waals surface area contributed by atoms with Crippen LogP contribution in [0.5, 0.6) is 0 Å². The molecular formula is C10H10N4S. The second-order valence-electron chi connectivity index (χ2n) is 2.96.